The first kappa shape index (κ1) is 14.1. The number of rotatable bonds is 4. The fourth-order valence-electron chi connectivity index (χ4n) is 1.97. The Labute approximate surface area is 118 Å². The van der Waals surface area contributed by atoms with Gasteiger partial charge < -0.3 is 5.11 Å². The standard InChI is InChI=1S/C13H13BrF2N2O/c1-2-18-13(9(14)7-17-18)11(19)6-8-4-3-5-10(15)12(8)16/h3-5,7,11,19H,2,6H2,1H3. The van der Waals surface area contributed by atoms with Gasteiger partial charge >= 0.3 is 0 Å². The zero-order chi connectivity index (χ0) is 14.0. The number of nitrogens with zero attached hydrogens (tertiary/aromatic N) is 2. The van der Waals surface area contributed by atoms with E-state index in [9.17, 15) is 13.9 Å². The van der Waals surface area contributed by atoms with Gasteiger partial charge in [-0.3, -0.25) is 4.68 Å². The van der Waals surface area contributed by atoms with Crippen molar-refractivity contribution in [3.8, 4) is 0 Å². The minimum absolute atomic E-state index is 0.00606. The van der Waals surface area contributed by atoms with Crippen LogP contribution in [0.4, 0.5) is 8.78 Å². The van der Waals surface area contributed by atoms with Crippen molar-refractivity contribution >= 4 is 15.9 Å². The van der Waals surface area contributed by atoms with Crippen LogP contribution in [0.1, 0.15) is 24.3 Å². The van der Waals surface area contributed by atoms with Gasteiger partial charge in [0.25, 0.3) is 0 Å². The number of aromatic nitrogens is 2. The largest absolute Gasteiger partial charge is 0.386 e. The van der Waals surface area contributed by atoms with Gasteiger partial charge in [0.15, 0.2) is 11.6 Å². The Kier molecular flexibility index (Phi) is 4.31. The molecule has 0 aliphatic rings. The van der Waals surface area contributed by atoms with E-state index in [1.165, 1.54) is 12.1 Å². The van der Waals surface area contributed by atoms with Crippen LogP contribution in [0.5, 0.6) is 0 Å². The van der Waals surface area contributed by atoms with Gasteiger partial charge in [-0.25, -0.2) is 8.78 Å². The highest BCUT2D eigenvalue weighted by Crippen LogP contribution is 2.27. The van der Waals surface area contributed by atoms with Gasteiger partial charge in [0.05, 0.1) is 16.4 Å². The summed E-state index contributed by atoms with van der Waals surface area (Å²) in [4.78, 5) is 0. The average Bonchev–Trinajstić information content (AvgIpc) is 2.76. The van der Waals surface area contributed by atoms with Crippen molar-refractivity contribution < 1.29 is 13.9 Å². The molecular formula is C13H13BrF2N2O. The van der Waals surface area contributed by atoms with Gasteiger partial charge in [0.1, 0.15) is 6.10 Å². The molecule has 6 heteroatoms. The smallest absolute Gasteiger partial charge is 0.162 e. The molecule has 1 aromatic heterocycles. The Hall–Kier alpha value is -1.27. The zero-order valence-electron chi connectivity index (χ0n) is 10.3. The lowest BCUT2D eigenvalue weighted by Crippen LogP contribution is -2.11. The van der Waals surface area contributed by atoms with E-state index in [0.29, 0.717) is 16.7 Å². The van der Waals surface area contributed by atoms with Crippen LogP contribution in [0.2, 0.25) is 0 Å². The number of aryl methyl sites for hydroxylation is 1. The van der Waals surface area contributed by atoms with Crippen LogP contribution in [-0.4, -0.2) is 14.9 Å². The molecule has 0 saturated carbocycles. The molecule has 2 aromatic rings. The third-order valence-electron chi connectivity index (χ3n) is 2.89. The zero-order valence-corrected chi connectivity index (χ0v) is 11.9. The number of benzene rings is 1. The van der Waals surface area contributed by atoms with E-state index in [1.54, 1.807) is 10.9 Å². The molecule has 0 aliphatic carbocycles. The van der Waals surface area contributed by atoms with Crippen LogP contribution in [0.3, 0.4) is 0 Å². The summed E-state index contributed by atoms with van der Waals surface area (Å²) in [6, 6.07) is 3.94. The minimum atomic E-state index is -0.951. The Bertz CT molecular complexity index is 586. The predicted molar refractivity (Wildman–Crippen MR) is 70.6 cm³/mol. The number of halogens is 3. The van der Waals surface area contributed by atoms with E-state index >= 15 is 0 Å². The second-order valence-corrected chi connectivity index (χ2v) is 4.98. The fourth-order valence-corrected chi connectivity index (χ4v) is 2.53. The maximum Gasteiger partial charge on any atom is 0.162 e. The lowest BCUT2D eigenvalue weighted by Gasteiger charge is -2.14. The molecule has 0 aliphatic heterocycles. The van der Waals surface area contributed by atoms with Crippen molar-refractivity contribution in [2.45, 2.75) is 26.0 Å². The Morgan fingerprint density at radius 3 is 2.84 bits per heavy atom. The van der Waals surface area contributed by atoms with Crippen LogP contribution >= 0.6 is 15.9 Å². The highest BCUT2D eigenvalue weighted by Gasteiger charge is 2.20. The average molecular weight is 331 g/mol. The molecule has 1 unspecified atom stereocenters. The van der Waals surface area contributed by atoms with Crippen LogP contribution in [-0.2, 0) is 13.0 Å². The first-order chi connectivity index (χ1) is 9.04. The summed E-state index contributed by atoms with van der Waals surface area (Å²) in [6.07, 6.45) is 0.617. The monoisotopic (exact) mass is 330 g/mol. The quantitative estimate of drug-likeness (QED) is 0.934. The molecule has 0 amide bonds. The summed E-state index contributed by atoms with van der Waals surface area (Å²) in [5.41, 5.74) is 0.703. The summed E-state index contributed by atoms with van der Waals surface area (Å²) >= 11 is 3.29. The van der Waals surface area contributed by atoms with Crippen LogP contribution < -0.4 is 0 Å². The molecule has 1 atom stereocenters. The van der Waals surface area contributed by atoms with Gasteiger partial charge in [-0.05, 0) is 34.5 Å². The minimum Gasteiger partial charge on any atom is -0.386 e. The summed E-state index contributed by atoms with van der Waals surface area (Å²) in [6.45, 7) is 2.47. The van der Waals surface area contributed by atoms with Crippen molar-refractivity contribution in [1.82, 2.24) is 9.78 Å². The van der Waals surface area contributed by atoms with E-state index in [0.717, 1.165) is 6.07 Å². The van der Waals surface area contributed by atoms with Crippen molar-refractivity contribution in [1.29, 1.82) is 0 Å². The third-order valence-corrected chi connectivity index (χ3v) is 3.50. The van der Waals surface area contributed by atoms with Crippen LogP contribution in [0.25, 0.3) is 0 Å². The van der Waals surface area contributed by atoms with Gasteiger partial charge in [-0.1, -0.05) is 12.1 Å². The number of aliphatic hydroxyl groups is 1. The number of hydrogen-bond acceptors (Lipinski definition) is 2. The van der Waals surface area contributed by atoms with Gasteiger partial charge in [0.2, 0.25) is 0 Å². The summed E-state index contributed by atoms with van der Waals surface area (Å²) in [7, 11) is 0. The van der Waals surface area contributed by atoms with Gasteiger partial charge in [-0.15, -0.1) is 0 Å². The van der Waals surface area contributed by atoms with Crippen molar-refractivity contribution in [3.05, 3.63) is 51.8 Å². The molecule has 0 saturated heterocycles. The number of hydrogen-bond donors (Lipinski definition) is 1. The number of aliphatic hydroxyl groups excluding tert-OH is 1. The second-order valence-electron chi connectivity index (χ2n) is 4.13. The maximum absolute atomic E-state index is 13.6. The fraction of sp³-hybridized carbons (Fsp3) is 0.308. The van der Waals surface area contributed by atoms with E-state index in [2.05, 4.69) is 21.0 Å². The highest BCUT2D eigenvalue weighted by atomic mass is 79.9. The molecule has 102 valence electrons. The van der Waals surface area contributed by atoms with E-state index < -0.39 is 17.7 Å². The lowest BCUT2D eigenvalue weighted by molar-refractivity contribution is 0.165. The molecule has 2 rings (SSSR count). The van der Waals surface area contributed by atoms with Crippen molar-refractivity contribution in [2.75, 3.05) is 0 Å². The van der Waals surface area contributed by atoms with E-state index in [4.69, 9.17) is 0 Å². The predicted octanol–water partition coefficient (Wildman–Crippen LogP) is 3.22. The molecule has 19 heavy (non-hydrogen) atoms. The summed E-state index contributed by atoms with van der Waals surface area (Å²) in [5, 5.41) is 14.3. The topological polar surface area (TPSA) is 38.0 Å². The molecule has 0 spiro atoms. The molecule has 1 aromatic carbocycles. The first-order valence-corrected chi connectivity index (χ1v) is 6.66. The second kappa shape index (κ2) is 5.79. The van der Waals surface area contributed by atoms with Gasteiger partial charge in [-0.2, -0.15) is 5.10 Å². The van der Waals surface area contributed by atoms with E-state index in [1.807, 2.05) is 6.92 Å². The van der Waals surface area contributed by atoms with E-state index in [-0.39, 0.29) is 12.0 Å². The Morgan fingerprint density at radius 2 is 2.16 bits per heavy atom. The molecule has 1 N–H and O–H groups in total. The Morgan fingerprint density at radius 1 is 1.42 bits per heavy atom. The molecule has 1 heterocycles. The van der Waals surface area contributed by atoms with Crippen molar-refractivity contribution in [2.24, 2.45) is 0 Å². The highest BCUT2D eigenvalue weighted by molar-refractivity contribution is 9.10. The van der Waals surface area contributed by atoms with Crippen molar-refractivity contribution in [3.63, 3.8) is 0 Å². The van der Waals surface area contributed by atoms with Gasteiger partial charge in [0, 0.05) is 13.0 Å². The summed E-state index contributed by atoms with van der Waals surface area (Å²) in [5.74, 6) is -1.83. The molecule has 0 radical (unpaired) electrons. The SMILES string of the molecule is CCn1ncc(Br)c1C(O)Cc1cccc(F)c1F. The molecular weight excluding hydrogens is 318 g/mol. The summed E-state index contributed by atoms with van der Waals surface area (Å²) < 4.78 is 28.9. The molecule has 3 nitrogen and oxygen atoms in total. The molecule has 0 bridgehead atoms. The maximum atomic E-state index is 13.6. The third kappa shape index (κ3) is 2.84. The normalized spacial score (nSPS) is 12.7. The lowest BCUT2D eigenvalue weighted by atomic mass is 10.0. The van der Waals surface area contributed by atoms with Crippen LogP contribution in [0, 0.1) is 11.6 Å². The first-order valence-electron chi connectivity index (χ1n) is 5.86. The Balaban J connectivity index is 2.28. The van der Waals surface area contributed by atoms with Crippen LogP contribution in [0.15, 0.2) is 28.9 Å². The molecule has 0 fully saturated rings.